The molecule has 1 rings (SSSR count). The van der Waals surface area contributed by atoms with Gasteiger partial charge in [-0.1, -0.05) is 28.9 Å². The number of hydrogen-bond acceptors (Lipinski definition) is 1. The molecule has 0 radical (unpaired) electrons. The Balaban J connectivity index is 2.25. The van der Waals surface area contributed by atoms with Crippen molar-refractivity contribution in [1.29, 1.82) is 0 Å². The van der Waals surface area contributed by atoms with E-state index in [4.69, 9.17) is 5.53 Å². The van der Waals surface area contributed by atoms with Crippen LogP contribution in [0.3, 0.4) is 0 Å². The predicted molar refractivity (Wildman–Crippen MR) is 40.5 cm³/mol. The Bertz CT molecular complexity index is 209. The molecule has 0 atom stereocenters. The molecule has 0 heterocycles. The van der Waals surface area contributed by atoms with Crippen molar-refractivity contribution in [2.45, 2.75) is 12.8 Å². The smallest absolute Gasteiger partial charge is 0.0298 e. The second-order valence-electron chi connectivity index (χ2n) is 2.12. The largest absolute Gasteiger partial charge is 0.0936 e. The Morgan fingerprint density at radius 1 is 1.70 bits per heavy atom. The van der Waals surface area contributed by atoms with Crippen LogP contribution in [0.2, 0.25) is 0 Å². The fraction of sp³-hybridized carbons (Fsp3) is 0.429. The van der Waals surface area contributed by atoms with Crippen LogP contribution in [-0.2, 0) is 0 Å². The lowest BCUT2D eigenvalue weighted by Gasteiger charge is -1.90. The standard InChI is InChI=1S/C7H9N3/c8-10-9-6-5-7-3-1-2-4-7/h1,3-4H,2,5-6H2. The summed E-state index contributed by atoms with van der Waals surface area (Å²) in [6, 6.07) is 0. The fourth-order valence-corrected chi connectivity index (χ4v) is 0.916. The van der Waals surface area contributed by atoms with Gasteiger partial charge >= 0.3 is 0 Å². The molecule has 0 saturated heterocycles. The first-order chi connectivity index (χ1) is 4.93. The first-order valence-corrected chi connectivity index (χ1v) is 3.30. The van der Waals surface area contributed by atoms with Crippen molar-refractivity contribution >= 4 is 0 Å². The van der Waals surface area contributed by atoms with E-state index in [-0.39, 0.29) is 0 Å². The lowest BCUT2D eigenvalue weighted by atomic mass is 10.2. The van der Waals surface area contributed by atoms with Gasteiger partial charge in [0.15, 0.2) is 0 Å². The average Bonchev–Trinajstić information content (AvgIpc) is 2.41. The first kappa shape index (κ1) is 6.90. The second-order valence-corrected chi connectivity index (χ2v) is 2.12. The normalized spacial score (nSPS) is 14.6. The molecular formula is C7H9N3. The van der Waals surface area contributed by atoms with Crippen molar-refractivity contribution in [2.24, 2.45) is 5.11 Å². The molecule has 3 nitrogen and oxygen atoms in total. The third-order valence-electron chi connectivity index (χ3n) is 1.41. The molecule has 0 aliphatic heterocycles. The molecule has 0 N–H and O–H groups in total. The van der Waals surface area contributed by atoms with E-state index in [1.165, 1.54) is 5.57 Å². The molecule has 0 fully saturated rings. The van der Waals surface area contributed by atoms with Crippen molar-refractivity contribution in [3.63, 3.8) is 0 Å². The number of nitrogens with zero attached hydrogens (tertiary/aromatic N) is 3. The summed E-state index contributed by atoms with van der Waals surface area (Å²) >= 11 is 0. The van der Waals surface area contributed by atoms with Crippen LogP contribution in [0.4, 0.5) is 0 Å². The molecule has 1 aliphatic rings. The minimum Gasteiger partial charge on any atom is -0.0936 e. The summed E-state index contributed by atoms with van der Waals surface area (Å²) in [5.74, 6) is 0. The Morgan fingerprint density at radius 2 is 2.60 bits per heavy atom. The maximum Gasteiger partial charge on any atom is 0.0298 e. The van der Waals surface area contributed by atoms with E-state index < -0.39 is 0 Å². The molecule has 3 heteroatoms. The highest BCUT2D eigenvalue weighted by Crippen LogP contribution is 2.11. The molecule has 1 aliphatic carbocycles. The second kappa shape index (κ2) is 3.75. The van der Waals surface area contributed by atoms with Gasteiger partial charge in [-0.15, -0.1) is 0 Å². The molecule has 0 bridgehead atoms. The molecular weight excluding hydrogens is 126 g/mol. The van der Waals surface area contributed by atoms with Crippen LogP contribution in [0.5, 0.6) is 0 Å². The summed E-state index contributed by atoms with van der Waals surface area (Å²) in [5.41, 5.74) is 9.25. The number of azide groups is 1. The van der Waals surface area contributed by atoms with Gasteiger partial charge in [-0.2, -0.15) is 0 Å². The molecule has 0 unspecified atom stereocenters. The van der Waals surface area contributed by atoms with Crippen LogP contribution in [0, 0.1) is 0 Å². The highest BCUT2D eigenvalue weighted by atomic mass is 15.1. The van der Waals surface area contributed by atoms with Gasteiger partial charge in [-0.3, -0.25) is 0 Å². The van der Waals surface area contributed by atoms with Gasteiger partial charge in [-0.25, -0.2) is 0 Å². The molecule has 0 aromatic heterocycles. The zero-order valence-corrected chi connectivity index (χ0v) is 5.70. The van der Waals surface area contributed by atoms with Gasteiger partial charge in [0.25, 0.3) is 0 Å². The molecule has 0 aromatic rings. The molecule has 0 saturated carbocycles. The third-order valence-corrected chi connectivity index (χ3v) is 1.41. The van der Waals surface area contributed by atoms with E-state index in [0.29, 0.717) is 6.54 Å². The summed E-state index contributed by atoms with van der Waals surface area (Å²) in [6.45, 7) is 0.576. The van der Waals surface area contributed by atoms with Crippen LogP contribution < -0.4 is 0 Å². The lowest BCUT2D eigenvalue weighted by molar-refractivity contribution is 0.962. The molecule has 52 valence electrons. The van der Waals surface area contributed by atoms with Gasteiger partial charge in [0.1, 0.15) is 0 Å². The maximum absolute atomic E-state index is 7.96. The number of allylic oxidation sites excluding steroid dienone is 3. The van der Waals surface area contributed by atoms with Crippen molar-refractivity contribution in [2.75, 3.05) is 6.54 Å². The molecule has 0 aromatic carbocycles. The van der Waals surface area contributed by atoms with Crippen LogP contribution in [0.1, 0.15) is 12.8 Å². The minimum atomic E-state index is 0.576. The highest BCUT2D eigenvalue weighted by molar-refractivity contribution is 5.25. The van der Waals surface area contributed by atoms with E-state index in [0.717, 1.165) is 12.8 Å². The van der Waals surface area contributed by atoms with Gasteiger partial charge in [0.2, 0.25) is 0 Å². The van der Waals surface area contributed by atoms with E-state index in [1.54, 1.807) is 0 Å². The topological polar surface area (TPSA) is 48.8 Å². The van der Waals surface area contributed by atoms with E-state index >= 15 is 0 Å². The SMILES string of the molecule is [N-]=[N+]=NCCC1=CCC=C1. The van der Waals surface area contributed by atoms with Crippen LogP contribution >= 0.6 is 0 Å². The molecule has 10 heavy (non-hydrogen) atoms. The molecule has 0 amide bonds. The highest BCUT2D eigenvalue weighted by Gasteiger charge is 1.94. The Labute approximate surface area is 59.7 Å². The zero-order valence-electron chi connectivity index (χ0n) is 5.70. The van der Waals surface area contributed by atoms with Gasteiger partial charge in [0.05, 0.1) is 0 Å². The van der Waals surface area contributed by atoms with Crippen molar-refractivity contribution in [1.82, 2.24) is 0 Å². The first-order valence-electron chi connectivity index (χ1n) is 3.30. The monoisotopic (exact) mass is 135 g/mol. The van der Waals surface area contributed by atoms with Gasteiger partial charge in [-0.05, 0) is 18.4 Å². The summed E-state index contributed by atoms with van der Waals surface area (Å²) < 4.78 is 0. The lowest BCUT2D eigenvalue weighted by Crippen LogP contribution is -1.79. The van der Waals surface area contributed by atoms with Crippen LogP contribution in [0.15, 0.2) is 28.9 Å². The zero-order chi connectivity index (χ0) is 7.23. The Hall–Kier alpha value is -1.21. The van der Waals surface area contributed by atoms with Crippen molar-refractivity contribution in [3.05, 3.63) is 34.2 Å². The summed E-state index contributed by atoms with van der Waals surface area (Å²) in [6.07, 6.45) is 8.23. The Morgan fingerprint density at radius 3 is 3.20 bits per heavy atom. The van der Waals surface area contributed by atoms with E-state index in [9.17, 15) is 0 Å². The molecule has 0 spiro atoms. The summed E-state index contributed by atoms with van der Waals surface area (Å²) in [5, 5.41) is 3.44. The van der Waals surface area contributed by atoms with E-state index in [2.05, 4.69) is 28.3 Å². The Kier molecular flexibility index (Phi) is 2.59. The van der Waals surface area contributed by atoms with Gasteiger partial charge in [0, 0.05) is 11.5 Å². The number of rotatable bonds is 3. The predicted octanol–water partition coefficient (Wildman–Crippen LogP) is 2.57. The van der Waals surface area contributed by atoms with Crippen LogP contribution in [0.25, 0.3) is 10.4 Å². The average molecular weight is 135 g/mol. The third kappa shape index (κ3) is 1.96. The van der Waals surface area contributed by atoms with Crippen molar-refractivity contribution < 1.29 is 0 Å². The summed E-state index contributed by atoms with van der Waals surface area (Å²) in [7, 11) is 0. The van der Waals surface area contributed by atoms with Gasteiger partial charge < -0.3 is 0 Å². The minimum absolute atomic E-state index is 0.576. The fourth-order valence-electron chi connectivity index (χ4n) is 0.916. The van der Waals surface area contributed by atoms with Crippen molar-refractivity contribution in [3.8, 4) is 0 Å². The van der Waals surface area contributed by atoms with Crippen LogP contribution in [-0.4, -0.2) is 6.54 Å². The summed E-state index contributed by atoms with van der Waals surface area (Å²) in [4.78, 5) is 2.67. The number of hydrogen-bond donors (Lipinski definition) is 0. The van der Waals surface area contributed by atoms with E-state index in [1.807, 2.05) is 0 Å². The quantitative estimate of drug-likeness (QED) is 0.324. The maximum atomic E-state index is 7.96.